The SMILES string of the molecule is c1ccc(-n2c3ccccc3c3cc(-n4c5ccccc5c5c6oc7c(ccc8c7c7ccccc7n8-c7cccc(-c8ccc9sc%10ccccc%10c9c8)c7)c6ccc54)ccc32)cc1. The minimum absolute atomic E-state index is 0.914. The van der Waals surface area contributed by atoms with Gasteiger partial charge in [0.25, 0.3) is 0 Å². The number of aromatic nitrogens is 3. The fourth-order valence-corrected chi connectivity index (χ4v) is 12.1. The quantitative estimate of drug-likeness (QED) is 0.173. The van der Waals surface area contributed by atoms with Crippen molar-refractivity contribution in [3.05, 3.63) is 212 Å². The summed E-state index contributed by atoms with van der Waals surface area (Å²) in [6, 6.07) is 77.5. The molecule has 5 aromatic heterocycles. The molecule has 0 spiro atoms. The van der Waals surface area contributed by atoms with Crippen LogP contribution in [0.2, 0.25) is 0 Å². The largest absolute Gasteiger partial charge is 0.455 e. The second-order valence-corrected chi connectivity index (χ2v) is 18.3. The van der Waals surface area contributed by atoms with Crippen molar-refractivity contribution in [2.24, 2.45) is 0 Å². The van der Waals surface area contributed by atoms with Crippen LogP contribution in [-0.2, 0) is 0 Å². The minimum Gasteiger partial charge on any atom is -0.455 e. The molecule has 0 N–H and O–H groups in total. The summed E-state index contributed by atoms with van der Waals surface area (Å²) in [6.45, 7) is 0. The maximum Gasteiger partial charge on any atom is 0.145 e. The second kappa shape index (κ2) is 13.1. The standard InChI is InChI=1S/C60H35N3OS/c1-2-14-38(15-3-1)61-49-21-8-4-17-41(49)47-35-40(26-29-52(47)61)63-51-23-10-6-20-46(51)58-54(63)31-28-44-43-27-30-53-57(59(43)64-60(44)58)45-19-5-9-22-50(45)62(53)39-16-12-13-36(33-39)37-25-32-56-48(34-37)42-18-7-11-24-55(42)65-56/h1-35H. The average Bonchev–Trinajstić information content (AvgIpc) is 4.17. The van der Waals surface area contributed by atoms with Crippen molar-refractivity contribution in [2.45, 2.75) is 0 Å². The zero-order valence-electron chi connectivity index (χ0n) is 34.9. The molecule has 0 aliphatic heterocycles. The molecule has 15 rings (SSSR count). The van der Waals surface area contributed by atoms with Crippen LogP contribution in [-0.4, -0.2) is 13.7 Å². The van der Waals surface area contributed by atoms with Gasteiger partial charge in [-0.1, -0.05) is 109 Å². The van der Waals surface area contributed by atoms with Crippen molar-refractivity contribution >= 4 is 119 Å². The lowest BCUT2D eigenvalue weighted by Crippen LogP contribution is -1.95. The highest BCUT2D eigenvalue weighted by Crippen LogP contribution is 2.46. The highest BCUT2D eigenvalue weighted by Gasteiger charge is 2.23. The van der Waals surface area contributed by atoms with E-state index in [-0.39, 0.29) is 0 Å². The van der Waals surface area contributed by atoms with E-state index in [2.05, 4.69) is 226 Å². The molecule has 0 saturated carbocycles. The first-order valence-corrected chi connectivity index (χ1v) is 23.0. The number of fused-ring (bicyclic) bond motifs is 17. The summed E-state index contributed by atoms with van der Waals surface area (Å²) >= 11 is 1.86. The molecule has 0 radical (unpaired) electrons. The van der Waals surface area contributed by atoms with Crippen LogP contribution in [0.15, 0.2) is 217 Å². The van der Waals surface area contributed by atoms with Gasteiger partial charge >= 0.3 is 0 Å². The van der Waals surface area contributed by atoms with Gasteiger partial charge in [0, 0.05) is 69.6 Å². The van der Waals surface area contributed by atoms with Gasteiger partial charge in [0.05, 0.1) is 43.9 Å². The summed E-state index contributed by atoms with van der Waals surface area (Å²) in [6.07, 6.45) is 0. The Morgan fingerprint density at radius 3 is 1.49 bits per heavy atom. The highest BCUT2D eigenvalue weighted by atomic mass is 32.1. The molecule has 0 fully saturated rings. The van der Waals surface area contributed by atoms with Crippen LogP contribution >= 0.6 is 11.3 Å². The molecule has 4 nitrogen and oxygen atoms in total. The Balaban J connectivity index is 0.938. The highest BCUT2D eigenvalue weighted by molar-refractivity contribution is 7.25. The Morgan fingerprint density at radius 2 is 0.785 bits per heavy atom. The van der Waals surface area contributed by atoms with E-state index >= 15 is 0 Å². The topological polar surface area (TPSA) is 27.9 Å². The molecule has 0 aliphatic carbocycles. The van der Waals surface area contributed by atoms with Crippen LogP contribution < -0.4 is 0 Å². The Bertz CT molecular complexity index is 4480. The van der Waals surface area contributed by atoms with Crippen LogP contribution in [0.25, 0.3) is 136 Å². The zero-order valence-corrected chi connectivity index (χ0v) is 35.7. The third-order valence-electron chi connectivity index (χ3n) is 13.8. The summed E-state index contributed by atoms with van der Waals surface area (Å²) in [4.78, 5) is 0. The lowest BCUT2D eigenvalue weighted by Gasteiger charge is -2.10. The number of nitrogens with zero attached hydrogens (tertiary/aromatic N) is 3. The van der Waals surface area contributed by atoms with E-state index < -0.39 is 0 Å². The van der Waals surface area contributed by atoms with Gasteiger partial charge in [-0.3, -0.25) is 0 Å². The Morgan fingerprint density at radius 1 is 0.277 bits per heavy atom. The summed E-state index contributed by atoms with van der Waals surface area (Å²) in [5.74, 6) is 0. The number of hydrogen-bond acceptors (Lipinski definition) is 2. The van der Waals surface area contributed by atoms with Gasteiger partial charge in [-0.15, -0.1) is 11.3 Å². The number of furan rings is 1. The Labute approximate surface area is 375 Å². The molecule has 5 heterocycles. The van der Waals surface area contributed by atoms with Crippen LogP contribution in [0.3, 0.4) is 0 Å². The number of thiophene rings is 1. The lowest BCUT2D eigenvalue weighted by molar-refractivity contribution is 0.677. The van der Waals surface area contributed by atoms with Crippen molar-refractivity contribution in [3.8, 4) is 28.2 Å². The van der Waals surface area contributed by atoms with Gasteiger partial charge in [-0.25, -0.2) is 0 Å². The maximum atomic E-state index is 7.31. The molecule has 0 unspecified atom stereocenters. The molecule has 302 valence electrons. The Hall–Kier alpha value is -8.38. The molecular formula is C60H35N3OS. The summed E-state index contributed by atoms with van der Waals surface area (Å²) in [7, 11) is 0. The molecule has 15 aromatic rings. The van der Waals surface area contributed by atoms with Gasteiger partial charge in [0.15, 0.2) is 0 Å². The lowest BCUT2D eigenvalue weighted by atomic mass is 10.0. The van der Waals surface area contributed by atoms with E-state index in [0.29, 0.717) is 0 Å². The molecule has 0 aliphatic rings. The molecule has 65 heavy (non-hydrogen) atoms. The summed E-state index contributed by atoms with van der Waals surface area (Å²) < 4.78 is 17.1. The van der Waals surface area contributed by atoms with E-state index in [0.717, 1.165) is 71.8 Å². The molecule has 0 amide bonds. The molecular weight excluding hydrogens is 811 g/mol. The molecule has 5 heteroatoms. The summed E-state index contributed by atoms with van der Waals surface area (Å²) in [5.41, 5.74) is 14.5. The van der Waals surface area contributed by atoms with Crippen molar-refractivity contribution < 1.29 is 4.42 Å². The van der Waals surface area contributed by atoms with Crippen LogP contribution in [0, 0.1) is 0 Å². The smallest absolute Gasteiger partial charge is 0.145 e. The van der Waals surface area contributed by atoms with E-state index in [1.54, 1.807) is 0 Å². The molecule has 10 aromatic carbocycles. The van der Waals surface area contributed by atoms with Gasteiger partial charge in [0.2, 0.25) is 0 Å². The monoisotopic (exact) mass is 845 g/mol. The molecule has 0 atom stereocenters. The van der Waals surface area contributed by atoms with E-state index in [1.165, 1.54) is 63.9 Å². The van der Waals surface area contributed by atoms with E-state index in [1.807, 2.05) is 11.3 Å². The third kappa shape index (κ3) is 4.85. The van der Waals surface area contributed by atoms with Gasteiger partial charge in [0.1, 0.15) is 11.2 Å². The number of rotatable bonds is 4. The fraction of sp³-hybridized carbons (Fsp3) is 0. The zero-order chi connectivity index (χ0) is 42.3. The second-order valence-electron chi connectivity index (χ2n) is 17.2. The first-order chi connectivity index (χ1) is 32.2. The van der Waals surface area contributed by atoms with Crippen molar-refractivity contribution in [1.82, 2.24) is 13.7 Å². The molecule has 0 bridgehead atoms. The Kier molecular flexibility index (Phi) is 7.07. The summed E-state index contributed by atoms with van der Waals surface area (Å²) in [5, 5.41) is 11.9. The van der Waals surface area contributed by atoms with Gasteiger partial charge in [-0.2, -0.15) is 0 Å². The first kappa shape index (κ1) is 35.1. The third-order valence-corrected chi connectivity index (χ3v) is 15.0. The fourth-order valence-electron chi connectivity index (χ4n) is 11.0. The van der Waals surface area contributed by atoms with Crippen LogP contribution in [0.1, 0.15) is 0 Å². The van der Waals surface area contributed by atoms with Crippen LogP contribution in [0.5, 0.6) is 0 Å². The van der Waals surface area contributed by atoms with Crippen molar-refractivity contribution in [2.75, 3.05) is 0 Å². The normalized spacial score (nSPS) is 12.3. The van der Waals surface area contributed by atoms with Crippen LogP contribution in [0.4, 0.5) is 0 Å². The molecule has 0 saturated heterocycles. The van der Waals surface area contributed by atoms with Gasteiger partial charge in [-0.05, 0) is 114 Å². The predicted molar refractivity (Wildman–Crippen MR) is 275 cm³/mol. The van der Waals surface area contributed by atoms with Crippen molar-refractivity contribution in [1.29, 1.82) is 0 Å². The van der Waals surface area contributed by atoms with E-state index in [4.69, 9.17) is 4.42 Å². The minimum atomic E-state index is 0.914. The average molecular weight is 846 g/mol. The maximum absolute atomic E-state index is 7.31. The first-order valence-electron chi connectivity index (χ1n) is 22.2. The number of benzene rings is 10. The van der Waals surface area contributed by atoms with Crippen molar-refractivity contribution in [3.63, 3.8) is 0 Å². The van der Waals surface area contributed by atoms with Gasteiger partial charge < -0.3 is 18.1 Å². The number of para-hydroxylation sites is 4. The van der Waals surface area contributed by atoms with E-state index in [9.17, 15) is 0 Å². The predicted octanol–water partition coefficient (Wildman–Crippen LogP) is 16.9. The number of hydrogen-bond donors (Lipinski definition) is 0.